The fourth-order valence-corrected chi connectivity index (χ4v) is 8.98. The number of nitrogens with two attached hydrogens (primary N) is 1. The maximum absolute atomic E-state index is 11.6. The van der Waals surface area contributed by atoms with Crippen LogP contribution in [0.1, 0.15) is 113 Å². The first-order valence-corrected chi connectivity index (χ1v) is 18.8. The molecule has 0 unspecified atom stereocenters. The molecule has 1 fully saturated rings. The molecule has 50 heavy (non-hydrogen) atoms. The first-order valence-electron chi connectivity index (χ1n) is 18.8. The molecule has 7 N–H and O–H groups in total. The third-order valence-electron chi connectivity index (χ3n) is 11.8. The van der Waals surface area contributed by atoms with Gasteiger partial charge in [0, 0.05) is 47.2 Å². The van der Waals surface area contributed by atoms with E-state index in [9.17, 15) is 20.4 Å². The Morgan fingerprint density at radius 2 is 1.82 bits per heavy atom. The van der Waals surface area contributed by atoms with Gasteiger partial charge in [-0.2, -0.15) is 0 Å². The maximum atomic E-state index is 11.6. The van der Waals surface area contributed by atoms with Gasteiger partial charge in [0.05, 0.1) is 18.8 Å². The number of nitrogen functional groups attached to an aromatic ring is 1. The lowest BCUT2D eigenvalue weighted by atomic mass is 9.60. The van der Waals surface area contributed by atoms with Crippen molar-refractivity contribution in [3.63, 3.8) is 0 Å². The van der Waals surface area contributed by atoms with Crippen LogP contribution in [0.25, 0.3) is 0 Å². The second-order valence-corrected chi connectivity index (χ2v) is 14.9. The Labute approximate surface area is 297 Å². The summed E-state index contributed by atoms with van der Waals surface area (Å²) in [5, 5.41) is 44.6. The summed E-state index contributed by atoms with van der Waals surface area (Å²) >= 11 is 0. The number of aliphatic hydroxyl groups excluding tert-OH is 3. The van der Waals surface area contributed by atoms with E-state index in [1.165, 1.54) is 12.1 Å². The van der Waals surface area contributed by atoms with Gasteiger partial charge in [-0.25, -0.2) is 4.98 Å². The van der Waals surface area contributed by atoms with E-state index in [0.717, 1.165) is 62.5 Å². The van der Waals surface area contributed by atoms with E-state index in [-0.39, 0.29) is 41.4 Å². The van der Waals surface area contributed by atoms with Crippen LogP contribution in [0, 0.1) is 29.6 Å². The Hall–Kier alpha value is -3.77. The molecule has 2 aromatic heterocycles. The van der Waals surface area contributed by atoms with Crippen molar-refractivity contribution in [3.05, 3.63) is 83.8 Å². The Morgan fingerprint density at radius 1 is 1.00 bits per heavy atom. The number of pyridine rings is 1. The molecule has 3 aromatic rings. The summed E-state index contributed by atoms with van der Waals surface area (Å²) < 4.78 is 6.51. The highest BCUT2D eigenvalue weighted by molar-refractivity contribution is 5.45. The smallest absolute Gasteiger partial charge is 0.161 e. The van der Waals surface area contributed by atoms with Gasteiger partial charge in [0.15, 0.2) is 11.5 Å². The molecule has 268 valence electrons. The number of rotatable bonds is 10. The first-order chi connectivity index (χ1) is 24.3. The Morgan fingerprint density at radius 3 is 2.56 bits per heavy atom. The molecule has 0 bridgehead atoms. The van der Waals surface area contributed by atoms with Gasteiger partial charge in [0.1, 0.15) is 11.9 Å². The number of benzene rings is 1. The van der Waals surface area contributed by atoms with Crippen molar-refractivity contribution < 1.29 is 25.2 Å². The zero-order valence-electron chi connectivity index (χ0n) is 29.4. The minimum absolute atomic E-state index is 0.00663. The highest BCUT2D eigenvalue weighted by atomic mass is 16.5. The summed E-state index contributed by atoms with van der Waals surface area (Å²) in [4.78, 5) is 7.78. The Bertz CT molecular complexity index is 1620. The fourth-order valence-electron chi connectivity index (χ4n) is 8.98. The fraction of sp³-hybridized carbons (Fsp3) is 0.548. The number of aromatic hydroxyl groups is 1. The second kappa shape index (κ2) is 16.5. The van der Waals surface area contributed by atoms with E-state index in [4.69, 9.17) is 10.5 Å². The average Bonchev–Trinajstić information content (AvgIpc) is 3.62. The monoisotopic (exact) mass is 681 g/mol. The van der Waals surface area contributed by atoms with Gasteiger partial charge >= 0.3 is 0 Å². The molecule has 0 radical (unpaired) electrons. The van der Waals surface area contributed by atoms with E-state index >= 15 is 0 Å². The van der Waals surface area contributed by atoms with Gasteiger partial charge in [0.2, 0.25) is 0 Å². The van der Waals surface area contributed by atoms with Crippen LogP contribution in [-0.4, -0.2) is 55.3 Å². The molecule has 8 heteroatoms. The van der Waals surface area contributed by atoms with Gasteiger partial charge in [-0.1, -0.05) is 69.1 Å². The predicted octanol–water partition coefficient (Wildman–Crippen LogP) is 7.11. The molecule has 8 atom stereocenters. The molecule has 0 saturated heterocycles. The summed E-state index contributed by atoms with van der Waals surface area (Å²) in [6.07, 6.45) is 16.9. The molecule has 6 rings (SSSR count). The normalized spacial score (nSPS) is 27.9. The highest BCUT2D eigenvalue weighted by Crippen LogP contribution is 2.51. The minimum atomic E-state index is -0.750. The SMILES string of the molecule is CC[C@@H]1C#C[C@@H]2C=C[C@@H](c3ccc(O)c(O[C@H](CO)C[C@H](c4ccnc(N)c4)C4(c5ccc[nH]5)CCCCC4)c3)C[C@@H](O)[C@H]2[C@@H](O)CCCC1. The molecule has 3 aliphatic rings. The molecule has 1 aromatic carbocycles. The summed E-state index contributed by atoms with van der Waals surface area (Å²) in [6.45, 7) is 1.93. The van der Waals surface area contributed by atoms with E-state index in [0.29, 0.717) is 36.7 Å². The van der Waals surface area contributed by atoms with Crippen LogP contribution in [-0.2, 0) is 5.41 Å². The molecule has 0 amide bonds. The molecule has 0 aliphatic heterocycles. The number of aliphatic hydroxyl groups is 3. The number of hydrogen-bond donors (Lipinski definition) is 6. The predicted molar refractivity (Wildman–Crippen MR) is 197 cm³/mol. The molecule has 2 heterocycles. The van der Waals surface area contributed by atoms with Crippen molar-refractivity contribution >= 4 is 5.82 Å². The lowest BCUT2D eigenvalue weighted by Gasteiger charge is -2.44. The standard InChI is InChI=1S/C42H55N3O5/c1-2-28-9-4-5-10-36(48)41-29(13-12-28)14-15-30(23-37(41)49)31-16-17-35(47)38(24-31)50-33(27-46)26-34(32-18-22-45-40(43)25-32)42(19-6-3-7-20-42)39-11-8-21-44-39/h8,11,14-18,21-22,24-25,28-30,33-34,36-37,41,44,46-49H,2-7,9-10,19-20,23,26-27H2,1H3,(H2,43,45)/t28-,29+,30+,33-,34+,36-,37+,41+/m0/s1. The number of nitrogens with one attached hydrogen (secondary N) is 1. The van der Waals surface area contributed by atoms with Crippen LogP contribution < -0.4 is 10.5 Å². The summed E-state index contributed by atoms with van der Waals surface area (Å²) in [5.74, 6) is 7.17. The van der Waals surface area contributed by atoms with Crippen LogP contribution in [0.3, 0.4) is 0 Å². The van der Waals surface area contributed by atoms with E-state index in [1.54, 1.807) is 12.3 Å². The van der Waals surface area contributed by atoms with Crippen molar-refractivity contribution in [2.24, 2.45) is 17.8 Å². The number of phenolic OH excluding ortho intramolecular Hbond substituents is 1. The number of nitrogens with zero attached hydrogens (tertiary/aromatic N) is 1. The van der Waals surface area contributed by atoms with E-state index in [1.807, 2.05) is 36.5 Å². The van der Waals surface area contributed by atoms with Crippen LogP contribution in [0.4, 0.5) is 5.82 Å². The maximum Gasteiger partial charge on any atom is 0.161 e. The van der Waals surface area contributed by atoms with E-state index in [2.05, 4.69) is 47.0 Å². The van der Waals surface area contributed by atoms with Gasteiger partial charge in [-0.05, 0) is 98.4 Å². The number of allylic oxidation sites excluding steroid dienone is 2. The number of anilines is 1. The van der Waals surface area contributed by atoms with Crippen LogP contribution in [0.15, 0.2) is 67.0 Å². The molecule has 0 spiro atoms. The third-order valence-corrected chi connectivity index (χ3v) is 11.8. The lowest BCUT2D eigenvalue weighted by molar-refractivity contribution is -0.00706. The topological polar surface area (TPSA) is 145 Å². The number of aromatic nitrogens is 2. The molecular weight excluding hydrogens is 626 g/mol. The quantitative estimate of drug-likeness (QED) is 0.0988. The van der Waals surface area contributed by atoms with Crippen molar-refractivity contribution in [3.8, 4) is 23.3 Å². The van der Waals surface area contributed by atoms with Crippen molar-refractivity contribution in [2.45, 2.75) is 120 Å². The lowest BCUT2D eigenvalue weighted by Crippen LogP contribution is -2.39. The Kier molecular flexibility index (Phi) is 11.9. The van der Waals surface area contributed by atoms with Gasteiger partial charge in [-0.3, -0.25) is 0 Å². The zero-order chi connectivity index (χ0) is 35.1. The third kappa shape index (κ3) is 8.07. The zero-order valence-corrected chi connectivity index (χ0v) is 29.4. The summed E-state index contributed by atoms with van der Waals surface area (Å²) in [7, 11) is 0. The number of phenols is 1. The number of ether oxygens (including phenoxy) is 1. The number of fused-ring (bicyclic) bond motifs is 1. The Balaban J connectivity index is 1.28. The largest absolute Gasteiger partial charge is 0.504 e. The highest BCUT2D eigenvalue weighted by Gasteiger charge is 2.44. The average molecular weight is 682 g/mol. The molecule has 1 saturated carbocycles. The molecule has 3 aliphatic carbocycles. The minimum Gasteiger partial charge on any atom is -0.504 e. The van der Waals surface area contributed by atoms with Crippen molar-refractivity contribution in [1.29, 1.82) is 0 Å². The molecular formula is C42H55N3O5. The van der Waals surface area contributed by atoms with Crippen LogP contribution in [0.5, 0.6) is 11.5 Å². The van der Waals surface area contributed by atoms with Crippen LogP contribution in [0.2, 0.25) is 0 Å². The van der Waals surface area contributed by atoms with Crippen LogP contribution >= 0.6 is 0 Å². The number of hydrogen-bond acceptors (Lipinski definition) is 7. The summed E-state index contributed by atoms with van der Waals surface area (Å²) in [5.41, 5.74) is 9.13. The second-order valence-electron chi connectivity index (χ2n) is 14.9. The van der Waals surface area contributed by atoms with E-state index < -0.39 is 18.3 Å². The van der Waals surface area contributed by atoms with Crippen molar-refractivity contribution in [2.75, 3.05) is 12.3 Å². The molecule has 8 nitrogen and oxygen atoms in total. The van der Waals surface area contributed by atoms with Gasteiger partial charge in [-0.15, -0.1) is 0 Å². The summed E-state index contributed by atoms with van der Waals surface area (Å²) in [6, 6.07) is 13.5. The van der Waals surface area contributed by atoms with Gasteiger partial charge in [0.25, 0.3) is 0 Å². The number of aromatic amines is 1. The van der Waals surface area contributed by atoms with Gasteiger partial charge < -0.3 is 35.9 Å². The van der Waals surface area contributed by atoms with Crippen molar-refractivity contribution in [1.82, 2.24) is 9.97 Å². The number of H-pyrrole nitrogens is 1. The first kappa shape index (κ1) is 36.0.